The highest BCUT2D eigenvalue weighted by Gasteiger charge is 2.14. The zero-order chi connectivity index (χ0) is 12.4. The summed E-state index contributed by atoms with van der Waals surface area (Å²) in [5.74, 6) is 0. The summed E-state index contributed by atoms with van der Waals surface area (Å²) in [5, 5.41) is 0. The van der Waals surface area contributed by atoms with Gasteiger partial charge < -0.3 is 5.73 Å². The molecule has 0 spiro atoms. The molecule has 1 atom stereocenters. The molecular weight excluding hydrogens is 294 g/mol. The second-order valence-electron chi connectivity index (χ2n) is 4.14. The first-order valence-corrected chi connectivity index (χ1v) is 7.33. The smallest absolute Gasteiger partial charge is 0.0657 e. The van der Waals surface area contributed by atoms with Gasteiger partial charge in [0, 0.05) is 14.2 Å². The van der Waals surface area contributed by atoms with Crippen LogP contribution >= 0.6 is 27.3 Å². The predicted molar refractivity (Wildman–Crippen MR) is 78.6 cm³/mol. The highest BCUT2D eigenvalue weighted by Crippen LogP contribution is 2.34. The summed E-state index contributed by atoms with van der Waals surface area (Å²) in [5.41, 5.74) is 8.82. The van der Waals surface area contributed by atoms with E-state index in [1.165, 1.54) is 20.9 Å². The summed E-state index contributed by atoms with van der Waals surface area (Å²) in [6, 6.07) is 10.7. The lowest BCUT2D eigenvalue weighted by molar-refractivity contribution is 0.887. The zero-order valence-corrected chi connectivity index (χ0v) is 12.4. The second-order valence-corrected chi connectivity index (χ2v) is 6.28. The molecule has 1 unspecified atom stereocenters. The van der Waals surface area contributed by atoms with E-state index < -0.39 is 0 Å². The van der Waals surface area contributed by atoms with Gasteiger partial charge in [-0.2, -0.15) is 0 Å². The molecule has 0 aliphatic heterocycles. The minimum Gasteiger partial charge on any atom is -0.320 e. The lowest BCUT2D eigenvalue weighted by atomic mass is 10.0. The summed E-state index contributed by atoms with van der Waals surface area (Å²) in [7, 11) is 0. The van der Waals surface area contributed by atoms with Crippen molar-refractivity contribution in [1.82, 2.24) is 0 Å². The van der Waals surface area contributed by atoms with Crippen molar-refractivity contribution in [3.8, 4) is 0 Å². The normalized spacial score (nSPS) is 12.7. The van der Waals surface area contributed by atoms with E-state index in [1.54, 1.807) is 11.3 Å². The largest absolute Gasteiger partial charge is 0.320 e. The number of nitrogens with two attached hydrogens (primary N) is 1. The predicted octanol–water partition coefficient (Wildman–Crippen LogP) is 4.43. The van der Waals surface area contributed by atoms with Crippen LogP contribution in [0.1, 0.15) is 33.8 Å². The molecule has 0 radical (unpaired) electrons. The lowest BCUT2D eigenvalue weighted by Crippen LogP contribution is -2.10. The topological polar surface area (TPSA) is 26.0 Å². The monoisotopic (exact) mass is 309 g/mol. The van der Waals surface area contributed by atoms with Gasteiger partial charge in [0.05, 0.1) is 6.04 Å². The van der Waals surface area contributed by atoms with E-state index in [0.29, 0.717) is 0 Å². The molecule has 2 N–H and O–H groups in total. The van der Waals surface area contributed by atoms with Crippen LogP contribution in [-0.4, -0.2) is 0 Å². The molecule has 17 heavy (non-hydrogen) atoms. The van der Waals surface area contributed by atoms with Gasteiger partial charge in [-0.1, -0.05) is 31.2 Å². The first kappa shape index (κ1) is 12.8. The Balaban J connectivity index is 2.30. The van der Waals surface area contributed by atoms with Crippen LogP contribution in [0.25, 0.3) is 0 Å². The Morgan fingerprint density at radius 2 is 1.94 bits per heavy atom. The summed E-state index contributed by atoms with van der Waals surface area (Å²) >= 11 is 5.33. The molecule has 0 aliphatic rings. The van der Waals surface area contributed by atoms with Crippen molar-refractivity contribution in [1.29, 1.82) is 0 Å². The highest BCUT2D eigenvalue weighted by molar-refractivity contribution is 9.10. The third kappa shape index (κ3) is 2.79. The van der Waals surface area contributed by atoms with Crippen molar-refractivity contribution >= 4 is 27.3 Å². The van der Waals surface area contributed by atoms with Gasteiger partial charge in [0.1, 0.15) is 0 Å². The van der Waals surface area contributed by atoms with Gasteiger partial charge in [-0.05, 0) is 46.5 Å². The maximum atomic E-state index is 6.30. The van der Waals surface area contributed by atoms with Crippen LogP contribution in [0.5, 0.6) is 0 Å². The molecule has 1 nitrogen and oxygen atoms in total. The third-order valence-corrected chi connectivity index (χ3v) is 4.92. The summed E-state index contributed by atoms with van der Waals surface area (Å²) in [4.78, 5) is 2.49. The third-order valence-electron chi connectivity index (χ3n) is 2.87. The van der Waals surface area contributed by atoms with Gasteiger partial charge >= 0.3 is 0 Å². The van der Waals surface area contributed by atoms with Crippen molar-refractivity contribution in [2.45, 2.75) is 26.3 Å². The van der Waals surface area contributed by atoms with E-state index in [9.17, 15) is 0 Å². The molecule has 0 saturated carbocycles. The average molecular weight is 310 g/mol. The molecular formula is C14H16BrNS. The molecule has 90 valence electrons. The SMILES string of the molecule is CCc1ccc(C(N)c2sc(C)cc2Br)cc1. The molecule has 3 heteroatoms. The Morgan fingerprint density at radius 3 is 2.41 bits per heavy atom. The van der Waals surface area contributed by atoms with Crippen LogP contribution in [0, 0.1) is 6.92 Å². The molecule has 0 amide bonds. The summed E-state index contributed by atoms with van der Waals surface area (Å²) < 4.78 is 1.12. The minimum absolute atomic E-state index is 0.0334. The number of hydrogen-bond acceptors (Lipinski definition) is 2. The standard InChI is InChI=1S/C14H16BrNS/c1-3-10-4-6-11(7-5-10)13(16)14-12(15)8-9(2)17-14/h4-8,13H,3,16H2,1-2H3. The summed E-state index contributed by atoms with van der Waals surface area (Å²) in [6.45, 7) is 4.26. The molecule has 0 aliphatic carbocycles. The van der Waals surface area contributed by atoms with E-state index in [-0.39, 0.29) is 6.04 Å². The fraction of sp³-hybridized carbons (Fsp3) is 0.286. The van der Waals surface area contributed by atoms with Gasteiger partial charge in [-0.25, -0.2) is 0 Å². The van der Waals surface area contributed by atoms with Crippen LogP contribution < -0.4 is 5.73 Å². The van der Waals surface area contributed by atoms with E-state index in [2.05, 4.69) is 60.1 Å². The van der Waals surface area contributed by atoms with Gasteiger partial charge in [0.15, 0.2) is 0 Å². The fourth-order valence-corrected chi connectivity index (χ4v) is 3.75. The van der Waals surface area contributed by atoms with E-state index in [4.69, 9.17) is 5.73 Å². The number of rotatable bonds is 3. The molecule has 0 saturated heterocycles. The molecule has 1 aromatic heterocycles. The number of thiophene rings is 1. The maximum absolute atomic E-state index is 6.30. The Labute approximate surface area is 115 Å². The Kier molecular flexibility index (Phi) is 4.02. The van der Waals surface area contributed by atoms with Crippen LogP contribution in [0.4, 0.5) is 0 Å². The van der Waals surface area contributed by atoms with E-state index >= 15 is 0 Å². The van der Waals surface area contributed by atoms with Crippen molar-refractivity contribution in [2.24, 2.45) is 5.73 Å². The van der Waals surface area contributed by atoms with Gasteiger partial charge in [0.25, 0.3) is 0 Å². The first-order chi connectivity index (χ1) is 8.11. The average Bonchev–Trinajstić information content (AvgIpc) is 2.68. The number of benzene rings is 1. The number of aryl methyl sites for hydroxylation is 2. The Hall–Kier alpha value is -0.640. The molecule has 1 heterocycles. The summed E-state index contributed by atoms with van der Waals surface area (Å²) in [6.07, 6.45) is 1.07. The van der Waals surface area contributed by atoms with Gasteiger partial charge in [-0.3, -0.25) is 0 Å². The lowest BCUT2D eigenvalue weighted by Gasteiger charge is -2.11. The molecule has 0 bridgehead atoms. The molecule has 1 aromatic carbocycles. The van der Waals surface area contributed by atoms with Crippen LogP contribution in [0.15, 0.2) is 34.8 Å². The zero-order valence-electron chi connectivity index (χ0n) is 10.0. The fourth-order valence-electron chi connectivity index (χ4n) is 1.83. The highest BCUT2D eigenvalue weighted by atomic mass is 79.9. The van der Waals surface area contributed by atoms with Crippen molar-refractivity contribution in [3.63, 3.8) is 0 Å². The molecule has 2 rings (SSSR count). The van der Waals surface area contributed by atoms with Crippen LogP contribution in [0.3, 0.4) is 0 Å². The quantitative estimate of drug-likeness (QED) is 0.891. The Bertz CT molecular complexity index is 501. The van der Waals surface area contributed by atoms with Crippen molar-refractivity contribution in [2.75, 3.05) is 0 Å². The van der Waals surface area contributed by atoms with Gasteiger partial charge in [-0.15, -0.1) is 11.3 Å². The second kappa shape index (κ2) is 5.34. The van der Waals surface area contributed by atoms with Crippen LogP contribution in [-0.2, 0) is 6.42 Å². The van der Waals surface area contributed by atoms with Gasteiger partial charge in [0.2, 0.25) is 0 Å². The van der Waals surface area contributed by atoms with E-state index in [1.807, 2.05) is 0 Å². The Morgan fingerprint density at radius 1 is 1.29 bits per heavy atom. The molecule has 0 fully saturated rings. The van der Waals surface area contributed by atoms with Crippen molar-refractivity contribution in [3.05, 3.63) is 55.7 Å². The van der Waals surface area contributed by atoms with E-state index in [0.717, 1.165) is 10.9 Å². The maximum Gasteiger partial charge on any atom is 0.0657 e. The van der Waals surface area contributed by atoms with Crippen molar-refractivity contribution < 1.29 is 0 Å². The number of hydrogen-bond donors (Lipinski definition) is 1. The molecule has 2 aromatic rings. The number of halogens is 1. The van der Waals surface area contributed by atoms with Crippen LogP contribution in [0.2, 0.25) is 0 Å². The first-order valence-electron chi connectivity index (χ1n) is 5.72. The minimum atomic E-state index is -0.0334.